The minimum atomic E-state index is -3.88. The van der Waals surface area contributed by atoms with Crippen LogP contribution in [0.4, 0.5) is 5.69 Å². The second-order valence-electron chi connectivity index (χ2n) is 8.38. The minimum absolute atomic E-state index is 0.0780. The first kappa shape index (κ1) is 21.1. The molecular formula is C21H29N3O5S. The van der Waals surface area contributed by atoms with Crippen molar-refractivity contribution in [3.63, 3.8) is 0 Å². The standard InChI is InChI=1S/C21H29N3O5S/c1-14-12-16-18(29-15(2)20(25)22-16)13-19(14)30(27,28)24-11-7-8-17(24)21(26)23-9-5-3-4-6-10-23/h12-13,15,17H,3-11H2,1-2H3,(H,22,25)/t15-,17+/m0/s1. The SMILES string of the molecule is Cc1cc2c(cc1S(=O)(=O)N1CCC[C@@H]1C(=O)N1CCCCCC1)O[C@@H](C)C(=O)N2. The van der Waals surface area contributed by atoms with Gasteiger partial charge in [-0.05, 0) is 51.2 Å². The van der Waals surface area contributed by atoms with Crippen LogP contribution in [0.2, 0.25) is 0 Å². The molecule has 8 nitrogen and oxygen atoms in total. The van der Waals surface area contributed by atoms with E-state index in [9.17, 15) is 18.0 Å². The summed E-state index contributed by atoms with van der Waals surface area (Å²) in [7, 11) is -3.88. The molecule has 0 saturated carbocycles. The van der Waals surface area contributed by atoms with Crippen LogP contribution in [0.5, 0.6) is 5.75 Å². The summed E-state index contributed by atoms with van der Waals surface area (Å²) >= 11 is 0. The van der Waals surface area contributed by atoms with E-state index in [1.165, 1.54) is 10.4 Å². The van der Waals surface area contributed by atoms with E-state index in [-0.39, 0.29) is 16.7 Å². The minimum Gasteiger partial charge on any atom is -0.479 e. The first-order valence-corrected chi connectivity index (χ1v) is 12.2. The number of nitrogens with one attached hydrogen (secondary N) is 1. The predicted molar refractivity (Wildman–Crippen MR) is 112 cm³/mol. The van der Waals surface area contributed by atoms with Crippen LogP contribution >= 0.6 is 0 Å². The number of sulfonamides is 1. The van der Waals surface area contributed by atoms with Gasteiger partial charge in [0.05, 0.1) is 10.6 Å². The fraction of sp³-hybridized carbons (Fsp3) is 0.619. The van der Waals surface area contributed by atoms with Gasteiger partial charge < -0.3 is 15.0 Å². The molecule has 2 amide bonds. The number of anilines is 1. The fourth-order valence-corrected chi connectivity index (χ4v) is 6.40. The molecule has 164 valence electrons. The van der Waals surface area contributed by atoms with E-state index in [1.807, 2.05) is 4.90 Å². The molecule has 0 bridgehead atoms. The van der Waals surface area contributed by atoms with Crippen LogP contribution < -0.4 is 10.1 Å². The predicted octanol–water partition coefficient (Wildman–Crippen LogP) is 2.27. The molecule has 1 N–H and O–H groups in total. The van der Waals surface area contributed by atoms with Gasteiger partial charge in [-0.3, -0.25) is 9.59 Å². The summed E-state index contributed by atoms with van der Waals surface area (Å²) in [5, 5.41) is 2.74. The van der Waals surface area contributed by atoms with Crippen molar-refractivity contribution in [2.24, 2.45) is 0 Å². The molecule has 0 spiro atoms. The third kappa shape index (κ3) is 3.80. The largest absolute Gasteiger partial charge is 0.479 e. The van der Waals surface area contributed by atoms with Crippen molar-refractivity contribution in [2.75, 3.05) is 25.0 Å². The summed E-state index contributed by atoms with van der Waals surface area (Å²) in [4.78, 5) is 27.0. The molecule has 3 aliphatic heterocycles. The molecule has 0 aliphatic carbocycles. The van der Waals surface area contributed by atoms with Gasteiger partial charge in [0, 0.05) is 25.7 Å². The Morgan fingerprint density at radius 1 is 1.10 bits per heavy atom. The van der Waals surface area contributed by atoms with Gasteiger partial charge in [-0.25, -0.2) is 8.42 Å². The van der Waals surface area contributed by atoms with E-state index < -0.39 is 22.2 Å². The number of carbonyl (C=O) groups is 2. The number of hydrogen-bond acceptors (Lipinski definition) is 5. The van der Waals surface area contributed by atoms with Crippen LogP contribution in [0.15, 0.2) is 17.0 Å². The first-order valence-electron chi connectivity index (χ1n) is 10.7. The van der Waals surface area contributed by atoms with E-state index in [4.69, 9.17) is 4.74 Å². The Balaban J connectivity index is 1.63. The highest BCUT2D eigenvalue weighted by Gasteiger charge is 2.42. The van der Waals surface area contributed by atoms with Gasteiger partial charge in [0.1, 0.15) is 11.8 Å². The molecule has 9 heteroatoms. The van der Waals surface area contributed by atoms with Gasteiger partial charge in [-0.2, -0.15) is 4.31 Å². The van der Waals surface area contributed by atoms with Crippen LogP contribution in [-0.4, -0.2) is 61.2 Å². The lowest BCUT2D eigenvalue weighted by Gasteiger charge is -2.30. The highest BCUT2D eigenvalue weighted by atomic mass is 32.2. The topological polar surface area (TPSA) is 96.0 Å². The average molecular weight is 436 g/mol. The van der Waals surface area contributed by atoms with Crippen molar-refractivity contribution in [3.8, 4) is 5.75 Å². The number of likely N-dealkylation sites (tertiary alicyclic amines) is 1. The van der Waals surface area contributed by atoms with Gasteiger partial charge in [-0.15, -0.1) is 0 Å². The monoisotopic (exact) mass is 435 g/mol. The van der Waals surface area contributed by atoms with Crippen LogP contribution in [0.25, 0.3) is 0 Å². The molecule has 1 aromatic rings. The molecule has 0 unspecified atom stereocenters. The molecule has 0 radical (unpaired) electrons. The van der Waals surface area contributed by atoms with E-state index in [2.05, 4.69) is 5.32 Å². The number of fused-ring (bicyclic) bond motifs is 1. The van der Waals surface area contributed by atoms with Gasteiger partial charge in [0.25, 0.3) is 5.91 Å². The van der Waals surface area contributed by atoms with Gasteiger partial charge in [-0.1, -0.05) is 12.8 Å². The first-order chi connectivity index (χ1) is 14.3. The maximum absolute atomic E-state index is 13.6. The summed E-state index contributed by atoms with van der Waals surface area (Å²) in [5.74, 6) is -0.00764. The molecule has 0 aromatic heterocycles. The average Bonchev–Trinajstić information content (AvgIpc) is 3.05. The summed E-state index contributed by atoms with van der Waals surface area (Å²) in [6, 6.07) is 2.44. The van der Waals surface area contributed by atoms with Crippen molar-refractivity contribution in [3.05, 3.63) is 17.7 Å². The second kappa shape index (κ2) is 8.19. The Hall–Kier alpha value is -2.13. The van der Waals surface area contributed by atoms with Crippen molar-refractivity contribution < 1.29 is 22.7 Å². The zero-order valence-electron chi connectivity index (χ0n) is 17.5. The molecule has 2 atom stereocenters. The fourth-order valence-electron chi connectivity index (χ4n) is 4.52. The number of carbonyl (C=O) groups excluding carboxylic acids is 2. The van der Waals surface area contributed by atoms with Crippen LogP contribution in [-0.2, 0) is 19.6 Å². The van der Waals surface area contributed by atoms with Gasteiger partial charge >= 0.3 is 0 Å². The second-order valence-corrected chi connectivity index (χ2v) is 10.2. The number of amides is 2. The molecule has 30 heavy (non-hydrogen) atoms. The van der Waals surface area contributed by atoms with Gasteiger partial charge in [0.2, 0.25) is 15.9 Å². The Labute approximate surface area is 177 Å². The summed E-state index contributed by atoms with van der Waals surface area (Å²) < 4.78 is 34.1. The number of hydrogen-bond donors (Lipinski definition) is 1. The zero-order valence-corrected chi connectivity index (χ0v) is 18.3. The third-order valence-corrected chi connectivity index (χ3v) is 8.25. The summed E-state index contributed by atoms with van der Waals surface area (Å²) in [6.07, 6.45) is 4.67. The van der Waals surface area contributed by atoms with Gasteiger partial charge in [0.15, 0.2) is 6.10 Å². The van der Waals surface area contributed by atoms with Crippen molar-refractivity contribution >= 4 is 27.5 Å². The van der Waals surface area contributed by atoms with Crippen LogP contribution in [0.1, 0.15) is 51.0 Å². The number of nitrogens with zero attached hydrogens (tertiary/aromatic N) is 2. The molecule has 3 aliphatic rings. The van der Waals surface area contributed by atoms with Crippen LogP contribution in [0.3, 0.4) is 0 Å². The molecular weight excluding hydrogens is 406 g/mol. The Morgan fingerprint density at radius 2 is 1.80 bits per heavy atom. The molecule has 1 aromatic carbocycles. The Morgan fingerprint density at radius 3 is 2.50 bits per heavy atom. The van der Waals surface area contributed by atoms with E-state index in [0.717, 1.165) is 25.7 Å². The maximum atomic E-state index is 13.6. The number of aryl methyl sites for hydroxylation is 1. The normalized spacial score (nSPS) is 25.3. The van der Waals surface area contributed by atoms with Crippen molar-refractivity contribution in [1.82, 2.24) is 9.21 Å². The molecule has 2 fully saturated rings. The lowest BCUT2D eigenvalue weighted by molar-refractivity contribution is -0.134. The zero-order chi connectivity index (χ0) is 21.5. The van der Waals surface area contributed by atoms with E-state index in [1.54, 1.807) is 19.9 Å². The highest BCUT2D eigenvalue weighted by molar-refractivity contribution is 7.89. The van der Waals surface area contributed by atoms with E-state index >= 15 is 0 Å². The lowest BCUT2D eigenvalue weighted by atomic mass is 10.1. The van der Waals surface area contributed by atoms with E-state index in [0.29, 0.717) is 49.5 Å². The smallest absolute Gasteiger partial charge is 0.265 e. The van der Waals surface area contributed by atoms with Crippen molar-refractivity contribution in [1.29, 1.82) is 0 Å². The quantitative estimate of drug-likeness (QED) is 0.786. The molecule has 2 saturated heterocycles. The molecule has 4 rings (SSSR count). The Kier molecular flexibility index (Phi) is 5.76. The summed E-state index contributed by atoms with van der Waals surface area (Å²) in [6.45, 7) is 5.04. The number of benzene rings is 1. The highest BCUT2D eigenvalue weighted by Crippen LogP contribution is 2.37. The third-order valence-electron chi connectivity index (χ3n) is 6.20. The Bertz CT molecular complexity index is 954. The number of ether oxygens (including phenoxy) is 1. The van der Waals surface area contributed by atoms with Crippen LogP contribution in [0, 0.1) is 6.92 Å². The summed E-state index contributed by atoms with van der Waals surface area (Å²) in [5.41, 5.74) is 0.980. The lowest BCUT2D eigenvalue weighted by Crippen LogP contribution is -2.48. The maximum Gasteiger partial charge on any atom is 0.265 e. The molecule has 3 heterocycles. The van der Waals surface area contributed by atoms with Crippen molar-refractivity contribution in [2.45, 2.75) is 69.4 Å². The number of rotatable bonds is 3.